The van der Waals surface area contributed by atoms with Gasteiger partial charge in [-0.25, -0.2) is 9.78 Å². The molecule has 0 radical (unpaired) electrons. The quantitative estimate of drug-likeness (QED) is 0.455. The van der Waals surface area contributed by atoms with Gasteiger partial charge < -0.3 is 19.8 Å². The molecule has 2 N–H and O–H groups in total. The van der Waals surface area contributed by atoms with Gasteiger partial charge >= 0.3 is 12.6 Å². The van der Waals surface area contributed by atoms with E-state index in [1.807, 2.05) is 48.0 Å². The maximum atomic E-state index is 12.3. The van der Waals surface area contributed by atoms with E-state index in [-0.39, 0.29) is 5.75 Å². The molecule has 0 spiro atoms. The number of aryl methyl sites for hydroxylation is 1. The minimum atomic E-state index is -2.93. The van der Waals surface area contributed by atoms with Gasteiger partial charge in [0.2, 0.25) is 0 Å². The summed E-state index contributed by atoms with van der Waals surface area (Å²) >= 11 is 0. The molecule has 8 heteroatoms. The summed E-state index contributed by atoms with van der Waals surface area (Å²) in [5.41, 5.74) is 4.66. The largest absolute Gasteiger partial charge is 0.435 e. The summed E-state index contributed by atoms with van der Waals surface area (Å²) in [6.45, 7) is -0.911. The number of fused-ring (bicyclic) bond motifs is 1. The molecule has 6 nitrogen and oxygen atoms in total. The summed E-state index contributed by atoms with van der Waals surface area (Å²) in [6.07, 6.45) is 3.90. The van der Waals surface area contributed by atoms with Crippen LogP contribution in [0.1, 0.15) is 5.56 Å². The van der Waals surface area contributed by atoms with E-state index in [0.29, 0.717) is 11.4 Å². The predicted octanol–water partition coefficient (Wildman–Crippen LogP) is 5.56. The molecule has 0 aliphatic rings. The fourth-order valence-corrected chi connectivity index (χ4v) is 2.99. The summed E-state index contributed by atoms with van der Waals surface area (Å²) in [7, 11) is 0. The number of hydrogen-bond acceptors (Lipinski definition) is 3. The van der Waals surface area contributed by atoms with Crippen LogP contribution in [-0.4, -0.2) is 22.0 Å². The van der Waals surface area contributed by atoms with E-state index < -0.39 is 12.6 Å². The van der Waals surface area contributed by atoms with Crippen molar-refractivity contribution in [2.24, 2.45) is 0 Å². The van der Waals surface area contributed by atoms with Crippen LogP contribution in [0.2, 0.25) is 0 Å². The third kappa shape index (κ3) is 4.54. The minimum absolute atomic E-state index is 0.0326. The van der Waals surface area contributed by atoms with Crippen molar-refractivity contribution in [2.45, 2.75) is 13.5 Å². The second-order valence-corrected chi connectivity index (χ2v) is 6.66. The molecule has 30 heavy (non-hydrogen) atoms. The van der Waals surface area contributed by atoms with Crippen LogP contribution >= 0.6 is 0 Å². The standard InChI is InChI=1S/C22H18F2N4O2/c1-14-9-10-28-13-19(27-20(28)11-14)15-5-7-16(8-6-15)25-22(29)26-17-3-2-4-18(12-17)30-21(23)24/h2-13,21H,1H3,(H2,25,26,29). The number of urea groups is 1. The molecule has 0 saturated heterocycles. The van der Waals surface area contributed by atoms with E-state index in [1.165, 1.54) is 18.2 Å². The van der Waals surface area contributed by atoms with Gasteiger partial charge in [0, 0.05) is 35.4 Å². The number of pyridine rings is 1. The minimum Gasteiger partial charge on any atom is -0.435 e. The number of imidazole rings is 1. The average Bonchev–Trinajstić information content (AvgIpc) is 3.11. The molecular formula is C22H18F2N4O2. The van der Waals surface area contributed by atoms with Gasteiger partial charge in [0.25, 0.3) is 0 Å². The monoisotopic (exact) mass is 408 g/mol. The van der Waals surface area contributed by atoms with Crippen LogP contribution in [0.25, 0.3) is 16.9 Å². The summed E-state index contributed by atoms with van der Waals surface area (Å²) in [5.74, 6) is -0.0326. The zero-order valence-electron chi connectivity index (χ0n) is 16.0. The molecule has 4 rings (SSSR count). The van der Waals surface area contributed by atoms with E-state index in [9.17, 15) is 13.6 Å². The van der Waals surface area contributed by atoms with E-state index in [1.54, 1.807) is 18.2 Å². The van der Waals surface area contributed by atoms with Crippen molar-refractivity contribution < 1.29 is 18.3 Å². The van der Waals surface area contributed by atoms with Gasteiger partial charge in [-0.3, -0.25) is 0 Å². The van der Waals surface area contributed by atoms with E-state index in [2.05, 4.69) is 20.4 Å². The Labute approximate surface area is 171 Å². The molecular weight excluding hydrogens is 390 g/mol. The number of nitrogens with zero attached hydrogens (tertiary/aromatic N) is 2. The van der Waals surface area contributed by atoms with Crippen molar-refractivity contribution in [3.8, 4) is 17.0 Å². The normalized spacial score (nSPS) is 10.9. The Bertz CT molecular complexity index is 1190. The summed E-state index contributed by atoms with van der Waals surface area (Å²) in [5, 5.41) is 5.28. The lowest BCUT2D eigenvalue weighted by Gasteiger charge is -2.10. The second kappa shape index (κ2) is 8.20. The van der Waals surface area contributed by atoms with Crippen LogP contribution in [0.5, 0.6) is 5.75 Å². The van der Waals surface area contributed by atoms with E-state index in [0.717, 1.165) is 22.5 Å². The van der Waals surface area contributed by atoms with Gasteiger partial charge in [0.15, 0.2) is 0 Å². The van der Waals surface area contributed by atoms with Crippen LogP contribution in [0.15, 0.2) is 73.1 Å². The zero-order valence-corrected chi connectivity index (χ0v) is 16.0. The van der Waals surface area contributed by atoms with E-state index >= 15 is 0 Å². The number of carbonyl (C=O) groups excluding carboxylic acids is 1. The predicted molar refractivity (Wildman–Crippen MR) is 111 cm³/mol. The van der Waals surface area contributed by atoms with E-state index in [4.69, 9.17) is 0 Å². The summed E-state index contributed by atoms with van der Waals surface area (Å²) < 4.78 is 30.9. The Morgan fingerprint density at radius 1 is 1.03 bits per heavy atom. The molecule has 2 heterocycles. The fourth-order valence-electron chi connectivity index (χ4n) is 2.99. The number of halogens is 2. The zero-order chi connectivity index (χ0) is 21.1. The number of alkyl halides is 2. The van der Waals surface area contributed by atoms with Crippen LogP contribution in [0, 0.1) is 6.92 Å². The van der Waals surface area contributed by atoms with Crippen molar-refractivity contribution >= 4 is 23.1 Å². The molecule has 0 saturated carbocycles. The molecule has 0 aliphatic heterocycles. The van der Waals surface area contributed by atoms with Gasteiger partial charge in [-0.1, -0.05) is 18.2 Å². The molecule has 2 aromatic carbocycles. The first kappa shape index (κ1) is 19.4. The van der Waals surface area contributed by atoms with Gasteiger partial charge in [0.1, 0.15) is 11.4 Å². The molecule has 4 aromatic rings. The highest BCUT2D eigenvalue weighted by Gasteiger charge is 2.08. The highest BCUT2D eigenvalue weighted by Crippen LogP contribution is 2.23. The van der Waals surface area contributed by atoms with Gasteiger partial charge in [-0.05, 0) is 48.9 Å². The highest BCUT2D eigenvalue weighted by molar-refractivity contribution is 5.99. The fraction of sp³-hybridized carbons (Fsp3) is 0.0909. The first-order valence-corrected chi connectivity index (χ1v) is 9.15. The summed E-state index contributed by atoms with van der Waals surface area (Å²) in [6, 6.07) is 16.6. The number of aromatic nitrogens is 2. The van der Waals surface area contributed by atoms with Gasteiger partial charge in [-0.2, -0.15) is 8.78 Å². The molecule has 152 valence electrons. The molecule has 0 bridgehead atoms. The number of hydrogen-bond donors (Lipinski definition) is 2. The van der Waals surface area contributed by atoms with Crippen LogP contribution in [0.4, 0.5) is 25.0 Å². The Hall–Kier alpha value is -3.94. The van der Waals surface area contributed by atoms with Crippen LogP contribution in [0.3, 0.4) is 0 Å². The van der Waals surface area contributed by atoms with Crippen molar-refractivity contribution in [3.63, 3.8) is 0 Å². The van der Waals surface area contributed by atoms with Crippen molar-refractivity contribution in [1.82, 2.24) is 9.38 Å². The van der Waals surface area contributed by atoms with Crippen molar-refractivity contribution in [2.75, 3.05) is 10.6 Å². The average molecular weight is 408 g/mol. The Kier molecular flexibility index (Phi) is 5.30. The number of rotatable bonds is 5. The van der Waals surface area contributed by atoms with Crippen LogP contribution < -0.4 is 15.4 Å². The SMILES string of the molecule is Cc1ccn2cc(-c3ccc(NC(=O)Nc4cccc(OC(F)F)c4)cc3)nc2c1. The number of nitrogens with one attached hydrogen (secondary N) is 2. The lowest BCUT2D eigenvalue weighted by molar-refractivity contribution is -0.0497. The molecule has 0 unspecified atom stereocenters. The van der Waals surface area contributed by atoms with Crippen LogP contribution in [-0.2, 0) is 0 Å². The highest BCUT2D eigenvalue weighted by atomic mass is 19.3. The second-order valence-electron chi connectivity index (χ2n) is 6.66. The number of amides is 2. The summed E-state index contributed by atoms with van der Waals surface area (Å²) in [4.78, 5) is 16.8. The van der Waals surface area contributed by atoms with Crippen molar-refractivity contribution in [1.29, 1.82) is 0 Å². The van der Waals surface area contributed by atoms with Crippen molar-refractivity contribution in [3.05, 3.63) is 78.6 Å². The number of benzene rings is 2. The Morgan fingerprint density at radius 2 is 1.80 bits per heavy atom. The smallest absolute Gasteiger partial charge is 0.387 e. The third-order valence-electron chi connectivity index (χ3n) is 4.37. The molecule has 0 atom stereocenters. The van der Waals surface area contributed by atoms with Gasteiger partial charge in [-0.15, -0.1) is 0 Å². The number of anilines is 2. The Morgan fingerprint density at radius 3 is 2.57 bits per heavy atom. The Balaban J connectivity index is 1.42. The maximum absolute atomic E-state index is 12.3. The third-order valence-corrected chi connectivity index (χ3v) is 4.37. The molecule has 2 amide bonds. The number of carbonyl (C=O) groups is 1. The topological polar surface area (TPSA) is 67.7 Å². The lowest BCUT2D eigenvalue weighted by atomic mass is 10.1. The first-order valence-electron chi connectivity index (χ1n) is 9.15. The molecule has 0 fully saturated rings. The number of ether oxygens (including phenoxy) is 1. The van der Waals surface area contributed by atoms with Gasteiger partial charge in [0.05, 0.1) is 5.69 Å². The lowest BCUT2D eigenvalue weighted by Crippen LogP contribution is -2.19. The maximum Gasteiger partial charge on any atom is 0.387 e. The first-order chi connectivity index (χ1) is 14.5. The molecule has 2 aromatic heterocycles. The molecule has 0 aliphatic carbocycles.